The molecular formula is C8H14N4OS. The van der Waals surface area contributed by atoms with Crippen molar-refractivity contribution >= 4 is 17.7 Å². The normalized spacial score (nSPS) is 21.6. The third kappa shape index (κ3) is 2.01. The first-order chi connectivity index (χ1) is 6.77. The first-order valence-electron chi connectivity index (χ1n) is 4.63. The average molecular weight is 214 g/mol. The van der Waals surface area contributed by atoms with Gasteiger partial charge in [-0.3, -0.25) is 4.57 Å². The van der Waals surface area contributed by atoms with Gasteiger partial charge in [0.05, 0.1) is 6.61 Å². The summed E-state index contributed by atoms with van der Waals surface area (Å²) < 4.78 is 7.11. The van der Waals surface area contributed by atoms with Crippen molar-refractivity contribution in [1.29, 1.82) is 0 Å². The fourth-order valence-corrected chi connectivity index (χ4v) is 2.39. The van der Waals surface area contributed by atoms with Gasteiger partial charge in [-0.15, -0.1) is 10.2 Å². The maximum atomic E-state index is 5.58. The van der Waals surface area contributed by atoms with Gasteiger partial charge in [0.1, 0.15) is 0 Å². The molecule has 1 saturated heterocycles. The van der Waals surface area contributed by atoms with E-state index in [9.17, 15) is 0 Å². The summed E-state index contributed by atoms with van der Waals surface area (Å²) in [6.07, 6.45) is 1.15. The summed E-state index contributed by atoms with van der Waals surface area (Å²) in [7, 11) is 1.88. The highest BCUT2D eigenvalue weighted by Crippen LogP contribution is 2.23. The van der Waals surface area contributed by atoms with E-state index >= 15 is 0 Å². The van der Waals surface area contributed by atoms with E-state index in [1.165, 1.54) is 0 Å². The van der Waals surface area contributed by atoms with Crippen LogP contribution in [0.5, 0.6) is 0 Å². The van der Waals surface area contributed by atoms with Crippen LogP contribution in [0.15, 0.2) is 5.16 Å². The zero-order valence-corrected chi connectivity index (χ0v) is 8.96. The number of rotatable bonds is 3. The van der Waals surface area contributed by atoms with Crippen molar-refractivity contribution in [1.82, 2.24) is 14.8 Å². The largest absolute Gasteiger partial charge is 0.381 e. The van der Waals surface area contributed by atoms with E-state index in [0.29, 0.717) is 11.9 Å². The molecule has 2 rings (SSSR count). The Morgan fingerprint density at radius 2 is 2.50 bits per heavy atom. The molecule has 0 aliphatic carbocycles. The molecule has 0 bridgehead atoms. The molecule has 1 aliphatic rings. The number of nitrogen functional groups attached to an aromatic ring is 1. The van der Waals surface area contributed by atoms with Crippen molar-refractivity contribution in [3.63, 3.8) is 0 Å². The summed E-state index contributed by atoms with van der Waals surface area (Å²) in [6, 6.07) is 0. The van der Waals surface area contributed by atoms with Crippen LogP contribution in [0.2, 0.25) is 0 Å². The van der Waals surface area contributed by atoms with Gasteiger partial charge in [0.2, 0.25) is 5.95 Å². The second kappa shape index (κ2) is 4.18. The number of nitrogens with two attached hydrogens (primary N) is 1. The molecule has 1 unspecified atom stereocenters. The van der Waals surface area contributed by atoms with E-state index in [1.807, 2.05) is 7.05 Å². The highest BCUT2D eigenvalue weighted by atomic mass is 32.2. The molecule has 0 saturated carbocycles. The molecule has 0 aromatic carbocycles. The summed E-state index contributed by atoms with van der Waals surface area (Å²) in [5.74, 6) is 2.15. The predicted molar refractivity (Wildman–Crippen MR) is 55.1 cm³/mol. The third-order valence-corrected chi connectivity index (χ3v) is 3.59. The maximum absolute atomic E-state index is 5.58. The van der Waals surface area contributed by atoms with Gasteiger partial charge in [-0.2, -0.15) is 0 Å². The van der Waals surface area contributed by atoms with Crippen LogP contribution in [-0.4, -0.2) is 33.7 Å². The molecule has 1 fully saturated rings. The molecule has 5 nitrogen and oxygen atoms in total. The lowest BCUT2D eigenvalue weighted by molar-refractivity contribution is 0.189. The zero-order chi connectivity index (χ0) is 9.97. The molecule has 6 heteroatoms. The van der Waals surface area contributed by atoms with Crippen LogP contribution in [0.1, 0.15) is 6.42 Å². The Hall–Kier alpha value is -0.750. The Balaban J connectivity index is 1.88. The van der Waals surface area contributed by atoms with Gasteiger partial charge in [0.15, 0.2) is 5.16 Å². The SMILES string of the molecule is Cn1c(N)nnc1SCC1CCOC1. The molecule has 1 aromatic rings. The zero-order valence-electron chi connectivity index (χ0n) is 8.14. The Kier molecular flexibility index (Phi) is 2.93. The minimum atomic E-state index is 0.468. The minimum absolute atomic E-state index is 0.468. The molecule has 14 heavy (non-hydrogen) atoms. The lowest BCUT2D eigenvalue weighted by Crippen LogP contribution is -2.04. The summed E-state index contributed by atoms with van der Waals surface area (Å²) in [5, 5.41) is 8.67. The van der Waals surface area contributed by atoms with E-state index in [4.69, 9.17) is 10.5 Å². The van der Waals surface area contributed by atoms with Gasteiger partial charge >= 0.3 is 0 Å². The van der Waals surface area contributed by atoms with E-state index in [0.717, 1.165) is 30.5 Å². The number of ether oxygens (including phenoxy) is 1. The first-order valence-corrected chi connectivity index (χ1v) is 5.61. The van der Waals surface area contributed by atoms with Crippen LogP contribution in [0.25, 0.3) is 0 Å². The average Bonchev–Trinajstić information content (AvgIpc) is 2.77. The van der Waals surface area contributed by atoms with Crippen LogP contribution in [-0.2, 0) is 11.8 Å². The summed E-state index contributed by atoms with van der Waals surface area (Å²) in [4.78, 5) is 0. The van der Waals surface area contributed by atoms with Crippen LogP contribution < -0.4 is 5.73 Å². The van der Waals surface area contributed by atoms with Gasteiger partial charge < -0.3 is 10.5 Å². The standard InChI is InChI=1S/C8H14N4OS/c1-12-7(9)10-11-8(12)14-5-6-2-3-13-4-6/h6H,2-5H2,1H3,(H2,9,10). The monoisotopic (exact) mass is 214 g/mol. The maximum Gasteiger partial charge on any atom is 0.222 e. The quantitative estimate of drug-likeness (QED) is 0.743. The van der Waals surface area contributed by atoms with Crippen LogP contribution in [0.3, 0.4) is 0 Å². The molecule has 1 aliphatic heterocycles. The van der Waals surface area contributed by atoms with E-state index in [-0.39, 0.29) is 0 Å². The predicted octanol–water partition coefficient (Wildman–Crippen LogP) is 0.526. The molecule has 2 N–H and O–H groups in total. The van der Waals surface area contributed by atoms with Gasteiger partial charge in [-0.1, -0.05) is 11.8 Å². The minimum Gasteiger partial charge on any atom is -0.381 e. The number of thioether (sulfide) groups is 1. The van der Waals surface area contributed by atoms with Crippen LogP contribution in [0, 0.1) is 5.92 Å². The topological polar surface area (TPSA) is 66.0 Å². The van der Waals surface area contributed by atoms with Gasteiger partial charge in [-0.25, -0.2) is 0 Å². The summed E-state index contributed by atoms with van der Waals surface area (Å²) in [5.41, 5.74) is 5.58. The van der Waals surface area contributed by atoms with E-state index < -0.39 is 0 Å². The van der Waals surface area contributed by atoms with Gasteiger partial charge in [0, 0.05) is 19.4 Å². The van der Waals surface area contributed by atoms with Crippen LogP contribution in [0.4, 0.5) is 5.95 Å². The van der Waals surface area contributed by atoms with Gasteiger partial charge in [0.25, 0.3) is 0 Å². The number of nitrogens with zero attached hydrogens (tertiary/aromatic N) is 3. The molecule has 0 spiro atoms. The number of anilines is 1. The smallest absolute Gasteiger partial charge is 0.222 e. The Bertz CT molecular complexity index is 308. The first kappa shape index (κ1) is 9.79. The lowest BCUT2D eigenvalue weighted by Gasteiger charge is -2.05. The molecule has 78 valence electrons. The van der Waals surface area contributed by atoms with E-state index in [1.54, 1.807) is 16.3 Å². The van der Waals surface area contributed by atoms with Crippen LogP contribution >= 0.6 is 11.8 Å². The second-order valence-electron chi connectivity index (χ2n) is 3.44. The Labute approximate surface area is 87.0 Å². The third-order valence-electron chi connectivity index (χ3n) is 2.34. The lowest BCUT2D eigenvalue weighted by atomic mass is 10.2. The molecule has 2 heterocycles. The Morgan fingerprint density at radius 3 is 3.07 bits per heavy atom. The van der Waals surface area contributed by atoms with E-state index in [2.05, 4.69) is 10.2 Å². The Morgan fingerprint density at radius 1 is 1.64 bits per heavy atom. The van der Waals surface area contributed by atoms with Crippen molar-refractivity contribution in [3.05, 3.63) is 0 Å². The molecule has 1 aromatic heterocycles. The fourth-order valence-electron chi connectivity index (χ4n) is 1.36. The number of hydrogen-bond donors (Lipinski definition) is 1. The van der Waals surface area contributed by atoms with Crippen molar-refractivity contribution in [2.24, 2.45) is 13.0 Å². The van der Waals surface area contributed by atoms with Gasteiger partial charge in [-0.05, 0) is 12.3 Å². The van der Waals surface area contributed by atoms with Crippen molar-refractivity contribution in [2.45, 2.75) is 11.6 Å². The highest BCUT2D eigenvalue weighted by Gasteiger charge is 2.17. The summed E-state index contributed by atoms with van der Waals surface area (Å²) in [6.45, 7) is 1.77. The molecule has 1 atom stereocenters. The number of aromatic nitrogens is 3. The molecule has 0 radical (unpaired) electrons. The molecule has 0 amide bonds. The number of hydrogen-bond acceptors (Lipinski definition) is 5. The highest BCUT2D eigenvalue weighted by molar-refractivity contribution is 7.99. The second-order valence-corrected chi connectivity index (χ2v) is 4.43. The molecular weight excluding hydrogens is 200 g/mol. The van der Waals surface area contributed by atoms with Crippen molar-refractivity contribution in [2.75, 3.05) is 24.7 Å². The van der Waals surface area contributed by atoms with Crippen molar-refractivity contribution < 1.29 is 4.74 Å². The van der Waals surface area contributed by atoms with Crippen molar-refractivity contribution in [3.8, 4) is 0 Å². The fraction of sp³-hybridized carbons (Fsp3) is 0.750. The summed E-state index contributed by atoms with van der Waals surface area (Å²) >= 11 is 1.69.